The molecule has 0 radical (unpaired) electrons. The third kappa shape index (κ3) is 2.78. The summed E-state index contributed by atoms with van der Waals surface area (Å²) < 4.78 is 0. The van der Waals surface area contributed by atoms with Crippen molar-refractivity contribution in [2.45, 2.75) is 4.90 Å². The molecule has 0 unspecified atom stereocenters. The molecule has 100 valence electrons. The monoisotopic (exact) mass is 283 g/mol. The highest BCUT2D eigenvalue weighted by Gasteiger charge is 2.04. The number of nitrogens with one attached hydrogen (secondary N) is 3. The minimum Gasteiger partial charge on any atom is -0.361 e. The Balaban J connectivity index is 1.72. The predicted octanol–water partition coefficient (Wildman–Crippen LogP) is 4.10. The lowest BCUT2D eigenvalue weighted by Gasteiger charge is -2.08. The average molecular weight is 283 g/mol. The normalized spacial score (nSPS) is 10.4. The molecule has 1 aromatic heterocycles. The zero-order valence-electron chi connectivity index (χ0n) is 10.6. The molecule has 3 rings (SSSR count). The van der Waals surface area contributed by atoms with Crippen LogP contribution in [-0.4, -0.2) is 11.0 Å². The molecule has 4 nitrogen and oxygen atoms in total. The van der Waals surface area contributed by atoms with Crippen molar-refractivity contribution >= 4 is 40.9 Å². The van der Waals surface area contributed by atoms with Crippen LogP contribution in [-0.2, 0) is 0 Å². The Morgan fingerprint density at radius 2 is 1.80 bits per heavy atom. The van der Waals surface area contributed by atoms with Crippen LogP contribution in [0.5, 0.6) is 0 Å². The Morgan fingerprint density at radius 3 is 2.60 bits per heavy atom. The van der Waals surface area contributed by atoms with E-state index in [0.29, 0.717) is 5.69 Å². The molecule has 0 fully saturated rings. The van der Waals surface area contributed by atoms with E-state index in [1.165, 1.54) is 0 Å². The molecule has 2 amide bonds. The molecule has 3 N–H and O–H groups in total. The molecule has 0 saturated heterocycles. The van der Waals surface area contributed by atoms with E-state index in [1.807, 2.05) is 48.7 Å². The molecule has 0 saturated carbocycles. The summed E-state index contributed by atoms with van der Waals surface area (Å²) in [4.78, 5) is 15.8. The van der Waals surface area contributed by atoms with Gasteiger partial charge in [0.15, 0.2) is 0 Å². The second-order valence-electron chi connectivity index (χ2n) is 4.41. The van der Waals surface area contributed by atoms with Crippen LogP contribution in [0.2, 0.25) is 0 Å². The SMILES string of the molecule is O=C(Nc1cccc(S)c1)Nc1ccc2[nH]ccc2c1. The fourth-order valence-corrected chi connectivity index (χ4v) is 2.23. The van der Waals surface area contributed by atoms with E-state index in [9.17, 15) is 4.79 Å². The second kappa shape index (κ2) is 5.30. The van der Waals surface area contributed by atoms with E-state index >= 15 is 0 Å². The van der Waals surface area contributed by atoms with Gasteiger partial charge < -0.3 is 15.6 Å². The first-order valence-corrected chi connectivity index (χ1v) is 6.60. The van der Waals surface area contributed by atoms with Gasteiger partial charge in [-0.25, -0.2) is 4.79 Å². The largest absolute Gasteiger partial charge is 0.361 e. The Kier molecular flexibility index (Phi) is 3.35. The molecule has 0 spiro atoms. The van der Waals surface area contributed by atoms with Crippen molar-refractivity contribution < 1.29 is 4.79 Å². The smallest absolute Gasteiger partial charge is 0.323 e. The summed E-state index contributed by atoms with van der Waals surface area (Å²) in [6.07, 6.45) is 1.87. The van der Waals surface area contributed by atoms with Gasteiger partial charge in [-0.05, 0) is 42.5 Å². The number of carbonyl (C=O) groups excluding carboxylic acids is 1. The van der Waals surface area contributed by atoms with Gasteiger partial charge in [0.2, 0.25) is 0 Å². The highest BCUT2D eigenvalue weighted by Crippen LogP contribution is 2.18. The molecule has 3 aromatic rings. The molecular formula is C15H13N3OS. The number of rotatable bonds is 2. The van der Waals surface area contributed by atoms with Gasteiger partial charge in [0.25, 0.3) is 0 Å². The van der Waals surface area contributed by atoms with E-state index in [2.05, 4.69) is 28.2 Å². The molecule has 2 aromatic carbocycles. The van der Waals surface area contributed by atoms with Crippen LogP contribution in [0.3, 0.4) is 0 Å². The van der Waals surface area contributed by atoms with Gasteiger partial charge in [-0.1, -0.05) is 6.07 Å². The van der Waals surface area contributed by atoms with Crippen LogP contribution in [0.15, 0.2) is 59.6 Å². The topological polar surface area (TPSA) is 56.9 Å². The van der Waals surface area contributed by atoms with Crippen molar-refractivity contribution in [1.29, 1.82) is 0 Å². The number of benzene rings is 2. The number of amides is 2. The first-order chi connectivity index (χ1) is 9.70. The standard InChI is InChI=1S/C15H13N3OS/c19-15(17-11-2-1-3-13(20)9-11)18-12-4-5-14-10(8-12)6-7-16-14/h1-9,16,20H,(H2,17,18,19). The second-order valence-corrected chi connectivity index (χ2v) is 4.93. The van der Waals surface area contributed by atoms with Crippen LogP contribution in [0, 0.1) is 0 Å². The van der Waals surface area contributed by atoms with Crippen molar-refractivity contribution in [2.75, 3.05) is 10.6 Å². The minimum atomic E-state index is -0.279. The molecule has 20 heavy (non-hydrogen) atoms. The molecule has 0 atom stereocenters. The fraction of sp³-hybridized carbons (Fsp3) is 0. The highest BCUT2D eigenvalue weighted by atomic mass is 32.1. The third-order valence-electron chi connectivity index (χ3n) is 2.92. The molecule has 1 heterocycles. The molecule has 0 aliphatic heterocycles. The van der Waals surface area contributed by atoms with E-state index in [4.69, 9.17) is 0 Å². The van der Waals surface area contributed by atoms with E-state index in [1.54, 1.807) is 6.07 Å². The Hall–Kier alpha value is -2.40. The molecule has 0 aliphatic carbocycles. The molecular weight excluding hydrogens is 270 g/mol. The lowest BCUT2D eigenvalue weighted by atomic mass is 10.2. The van der Waals surface area contributed by atoms with Crippen LogP contribution in [0.1, 0.15) is 0 Å². The summed E-state index contributed by atoms with van der Waals surface area (Å²) in [7, 11) is 0. The van der Waals surface area contributed by atoms with Crippen LogP contribution >= 0.6 is 12.6 Å². The number of carbonyl (C=O) groups is 1. The van der Waals surface area contributed by atoms with E-state index < -0.39 is 0 Å². The van der Waals surface area contributed by atoms with Gasteiger partial charge in [0.1, 0.15) is 0 Å². The van der Waals surface area contributed by atoms with Crippen molar-refractivity contribution in [2.24, 2.45) is 0 Å². The van der Waals surface area contributed by atoms with E-state index in [0.717, 1.165) is 21.5 Å². The summed E-state index contributed by atoms with van der Waals surface area (Å²) in [6, 6.07) is 14.7. The number of hydrogen-bond acceptors (Lipinski definition) is 2. The van der Waals surface area contributed by atoms with Crippen molar-refractivity contribution in [1.82, 2.24) is 4.98 Å². The molecule has 5 heteroatoms. The van der Waals surface area contributed by atoms with Crippen LogP contribution in [0.25, 0.3) is 10.9 Å². The zero-order valence-corrected chi connectivity index (χ0v) is 11.4. The lowest BCUT2D eigenvalue weighted by molar-refractivity contribution is 0.262. The fourth-order valence-electron chi connectivity index (χ4n) is 2.01. The number of aromatic amines is 1. The quantitative estimate of drug-likeness (QED) is 0.526. The first-order valence-electron chi connectivity index (χ1n) is 6.15. The van der Waals surface area contributed by atoms with E-state index in [-0.39, 0.29) is 6.03 Å². The highest BCUT2D eigenvalue weighted by molar-refractivity contribution is 7.80. The number of urea groups is 1. The summed E-state index contributed by atoms with van der Waals surface area (Å²) in [5.74, 6) is 0. The number of fused-ring (bicyclic) bond motifs is 1. The van der Waals surface area contributed by atoms with Gasteiger partial charge >= 0.3 is 6.03 Å². The number of aromatic nitrogens is 1. The number of anilines is 2. The van der Waals surface area contributed by atoms with Gasteiger partial charge in [-0.3, -0.25) is 0 Å². The number of hydrogen-bond donors (Lipinski definition) is 4. The molecule has 0 bridgehead atoms. The summed E-state index contributed by atoms with van der Waals surface area (Å²) in [5.41, 5.74) is 2.49. The predicted molar refractivity (Wildman–Crippen MR) is 84.6 cm³/mol. The maximum atomic E-state index is 11.9. The van der Waals surface area contributed by atoms with Crippen LogP contribution in [0.4, 0.5) is 16.2 Å². The molecule has 0 aliphatic rings. The van der Waals surface area contributed by atoms with Gasteiger partial charge in [-0.2, -0.15) is 0 Å². The van der Waals surface area contributed by atoms with Crippen molar-refractivity contribution in [3.8, 4) is 0 Å². The lowest BCUT2D eigenvalue weighted by Crippen LogP contribution is -2.19. The Labute approximate surface area is 121 Å². The van der Waals surface area contributed by atoms with Crippen molar-refractivity contribution in [3.63, 3.8) is 0 Å². The summed E-state index contributed by atoms with van der Waals surface area (Å²) in [5, 5.41) is 6.62. The minimum absolute atomic E-state index is 0.279. The summed E-state index contributed by atoms with van der Waals surface area (Å²) >= 11 is 4.23. The zero-order chi connectivity index (χ0) is 13.9. The number of H-pyrrole nitrogens is 1. The van der Waals surface area contributed by atoms with Gasteiger partial charge in [-0.15, -0.1) is 12.6 Å². The van der Waals surface area contributed by atoms with Crippen molar-refractivity contribution in [3.05, 3.63) is 54.7 Å². The maximum absolute atomic E-state index is 11.9. The van der Waals surface area contributed by atoms with Gasteiger partial charge in [0.05, 0.1) is 0 Å². The third-order valence-corrected chi connectivity index (χ3v) is 3.19. The average Bonchev–Trinajstić information content (AvgIpc) is 2.86. The Bertz CT molecular complexity index is 766. The van der Waals surface area contributed by atoms with Gasteiger partial charge in [0, 0.05) is 33.4 Å². The number of thiol groups is 1. The Morgan fingerprint density at radius 1 is 1.00 bits per heavy atom. The summed E-state index contributed by atoms with van der Waals surface area (Å²) in [6.45, 7) is 0. The first kappa shape index (κ1) is 12.6. The maximum Gasteiger partial charge on any atom is 0.323 e. The van der Waals surface area contributed by atoms with Crippen LogP contribution < -0.4 is 10.6 Å².